The minimum atomic E-state index is -1.02. The van der Waals surface area contributed by atoms with Gasteiger partial charge in [-0.2, -0.15) is 0 Å². The van der Waals surface area contributed by atoms with Gasteiger partial charge in [-0.1, -0.05) is 30.0 Å². The van der Waals surface area contributed by atoms with Crippen LogP contribution in [0, 0.1) is 5.82 Å². The fourth-order valence-corrected chi connectivity index (χ4v) is 4.13. The number of carbonyl (C=O) groups is 2. The molecule has 0 atom stereocenters. The first-order chi connectivity index (χ1) is 13.9. The first-order valence-corrected chi connectivity index (χ1v) is 10.0. The lowest BCUT2D eigenvalue weighted by Gasteiger charge is -2.42. The summed E-state index contributed by atoms with van der Waals surface area (Å²) >= 11 is 1.24. The molecule has 0 saturated carbocycles. The molecule has 1 aliphatic rings. The van der Waals surface area contributed by atoms with E-state index in [1.807, 2.05) is 18.2 Å². The number of halogens is 1. The fraction of sp³-hybridized carbons (Fsp3) is 0.190. The van der Waals surface area contributed by atoms with Crippen molar-refractivity contribution in [3.63, 3.8) is 0 Å². The van der Waals surface area contributed by atoms with Crippen LogP contribution in [0.2, 0.25) is 0 Å². The number of imidazole rings is 1. The normalized spacial score (nSPS) is 15.0. The highest BCUT2D eigenvalue weighted by Gasteiger charge is 2.43. The molecule has 2 aromatic carbocycles. The van der Waals surface area contributed by atoms with Crippen molar-refractivity contribution in [2.75, 3.05) is 16.0 Å². The van der Waals surface area contributed by atoms with Gasteiger partial charge in [0.15, 0.2) is 5.16 Å². The van der Waals surface area contributed by atoms with Crippen LogP contribution in [0.4, 0.5) is 15.8 Å². The molecule has 2 amide bonds. The lowest BCUT2D eigenvalue weighted by molar-refractivity contribution is -0.125. The molecule has 148 valence electrons. The number of thioether (sulfide) groups is 1. The van der Waals surface area contributed by atoms with Crippen molar-refractivity contribution in [3.05, 3.63) is 66.7 Å². The van der Waals surface area contributed by atoms with Crippen molar-refractivity contribution < 1.29 is 14.0 Å². The molecule has 0 bridgehead atoms. The maximum absolute atomic E-state index is 13.6. The van der Waals surface area contributed by atoms with E-state index in [2.05, 4.69) is 10.3 Å². The summed E-state index contributed by atoms with van der Waals surface area (Å²) in [4.78, 5) is 31.5. The summed E-state index contributed by atoms with van der Waals surface area (Å²) in [7, 11) is 0. The van der Waals surface area contributed by atoms with Gasteiger partial charge in [-0.15, -0.1) is 0 Å². The van der Waals surface area contributed by atoms with Gasteiger partial charge < -0.3 is 5.32 Å². The monoisotopic (exact) mass is 410 g/mol. The average Bonchev–Trinajstić information content (AvgIpc) is 3.15. The number of nitrogens with zero attached hydrogens (tertiary/aromatic N) is 3. The Labute approximate surface area is 171 Å². The molecule has 3 aromatic rings. The number of benzene rings is 2. The van der Waals surface area contributed by atoms with E-state index >= 15 is 0 Å². The first kappa shape index (κ1) is 19.2. The molecule has 29 heavy (non-hydrogen) atoms. The van der Waals surface area contributed by atoms with Crippen molar-refractivity contribution in [1.29, 1.82) is 0 Å². The highest BCUT2D eigenvalue weighted by molar-refractivity contribution is 7.99. The van der Waals surface area contributed by atoms with Crippen molar-refractivity contribution >= 4 is 35.0 Å². The molecule has 0 aliphatic carbocycles. The number of rotatable bonds is 4. The van der Waals surface area contributed by atoms with Crippen LogP contribution in [0.3, 0.4) is 0 Å². The second kappa shape index (κ2) is 7.36. The van der Waals surface area contributed by atoms with Crippen molar-refractivity contribution in [3.8, 4) is 5.69 Å². The predicted octanol–water partition coefficient (Wildman–Crippen LogP) is 3.87. The third-order valence-corrected chi connectivity index (χ3v) is 5.73. The highest BCUT2D eigenvalue weighted by atomic mass is 32.2. The second-order valence-electron chi connectivity index (χ2n) is 7.11. The SMILES string of the molecule is CC1(C)C(=O)Nc2ccccc2N1C(=O)CSc1nccn1-c1cccc(F)c1. The van der Waals surface area contributed by atoms with Crippen LogP contribution in [-0.2, 0) is 9.59 Å². The Balaban J connectivity index is 1.58. The standard InChI is InChI=1S/C21H19FN4O2S/c1-21(2)19(28)24-16-8-3-4-9-17(16)26(21)18(27)13-29-20-23-10-11-25(20)15-7-5-6-14(22)12-15/h3-12H,13H2,1-2H3,(H,24,28). The molecule has 1 aromatic heterocycles. The minimum Gasteiger partial charge on any atom is -0.322 e. The number of hydrogen-bond donors (Lipinski definition) is 1. The van der Waals surface area contributed by atoms with E-state index in [0.29, 0.717) is 22.2 Å². The summed E-state index contributed by atoms with van der Waals surface area (Å²) in [5, 5.41) is 3.42. The van der Waals surface area contributed by atoms with E-state index in [4.69, 9.17) is 0 Å². The third kappa shape index (κ3) is 3.51. The zero-order valence-electron chi connectivity index (χ0n) is 15.9. The Morgan fingerprint density at radius 2 is 2.00 bits per heavy atom. The third-order valence-electron chi connectivity index (χ3n) is 4.78. The number of para-hydroxylation sites is 2. The Hall–Kier alpha value is -3.13. The minimum absolute atomic E-state index is 0.0807. The molecule has 2 heterocycles. The van der Waals surface area contributed by atoms with Crippen LogP contribution < -0.4 is 10.2 Å². The molecular formula is C21H19FN4O2S. The van der Waals surface area contributed by atoms with Crippen LogP contribution in [0.5, 0.6) is 0 Å². The van der Waals surface area contributed by atoms with Gasteiger partial charge in [0, 0.05) is 12.4 Å². The Morgan fingerprint density at radius 1 is 1.21 bits per heavy atom. The molecule has 8 heteroatoms. The number of anilines is 2. The second-order valence-corrected chi connectivity index (χ2v) is 8.05. The summed E-state index contributed by atoms with van der Waals surface area (Å²) in [6.45, 7) is 3.43. The molecule has 0 saturated heterocycles. The van der Waals surface area contributed by atoms with E-state index < -0.39 is 5.54 Å². The number of fused-ring (bicyclic) bond motifs is 1. The van der Waals surface area contributed by atoms with Gasteiger partial charge in [-0.25, -0.2) is 9.37 Å². The van der Waals surface area contributed by atoms with Crippen molar-refractivity contribution in [1.82, 2.24) is 9.55 Å². The van der Waals surface area contributed by atoms with E-state index in [-0.39, 0.29) is 23.4 Å². The van der Waals surface area contributed by atoms with E-state index in [9.17, 15) is 14.0 Å². The first-order valence-electron chi connectivity index (χ1n) is 9.03. The van der Waals surface area contributed by atoms with Gasteiger partial charge in [0.25, 0.3) is 0 Å². The van der Waals surface area contributed by atoms with Gasteiger partial charge in [0.2, 0.25) is 11.8 Å². The van der Waals surface area contributed by atoms with E-state index in [1.165, 1.54) is 28.8 Å². The number of nitrogens with one attached hydrogen (secondary N) is 1. The lowest BCUT2D eigenvalue weighted by atomic mass is 9.96. The molecule has 4 rings (SSSR count). The van der Waals surface area contributed by atoms with Crippen molar-refractivity contribution in [2.24, 2.45) is 0 Å². The summed E-state index contributed by atoms with van der Waals surface area (Å²) in [6, 6.07) is 13.4. The van der Waals surface area contributed by atoms with Gasteiger partial charge in [-0.05, 0) is 44.2 Å². The van der Waals surface area contributed by atoms with E-state index in [1.54, 1.807) is 49.0 Å². The largest absolute Gasteiger partial charge is 0.322 e. The van der Waals surface area contributed by atoms with Crippen LogP contribution in [0.15, 0.2) is 66.1 Å². The van der Waals surface area contributed by atoms with Crippen LogP contribution >= 0.6 is 11.8 Å². The van der Waals surface area contributed by atoms with Gasteiger partial charge in [0.1, 0.15) is 11.4 Å². The molecule has 0 spiro atoms. The quantitative estimate of drug-likeness (QED) is 0.663. The lowest BCUT2D eigenvalue weighted by Crippen LogP contribution is -2.59. The Morgan fingerprint density at radius 3 is 2.79 bits per heavy atom. The Bertz CT molecular complexity index is 1100. The molecular weight excluding hydrogens is 391 g/mol. The number of carbonyl (C=O) groups excluding carboxylic acids is 2. The maximum atomic E-state index is 13.6. The average molecular weight is 410 g/mol. The summed E-state index contributed by atoms with van der Waals surface area (Å²) in [5.74, 6) is -0.718. The van der Waals surface area contributed by atoms with Crippen LogP contribution in [0.25, 0.3) is 5.69 Å². The maximum Gasteiger partial charge on any atom is 0.250 e. The number of hydrogen-bond acceptors (Lipinski definition) is 4. The fourth-order valence-electron chi connectivity index (χ4n) is 3.31. The summed E-state index contributed by atoms with van der Waals surface area (Å²) < 4.78 is 15.3. The zero-order valence-corrected chi connectivity index (χ0v) is 16.7. The smallest absolute Gasteiger partial charge is 0.250 e. The van der Waals surface area contributed by atoms with E-state index in [0.717, 1.165) is 0 Å². The van der Waals surface area contributed by atoms with Gasteiger partial charge in [-0.3, -0.25) is 19.1 Å². The number of aromatic nitrogens is 2. The zero-order chi connectivity index (χ0) is 20.6. The summed E-state index contributed by atoms with van der Waals surface area (Å²) in [6.07, 6.45) is 3.32. The van der Waals surface area contributed by atoms with Crippen LogP contribution in [-0.4, -0.2) is 32.7 Å². The Kier molecular flexibility index (Phi) is 4.87. The molecule has 1 aliphatic heterocycles. The van der Waals surface area contributed by atoms with Crippen LogP contribution in [0.1, 0.15) is 13.8 Å². The topological polar surface area (TPSA) is 67.2 Å². The molecule has 0 radical (unpaired) electrons. The predicted molar refractivity (Wildman–Crippen MR) is 111 cm³/mol. The molecule has 0 fully saturated rings. The van der Waals surface area contributed by atoms with Crippen molar-refractivity contribution in [2.45, 2.75) is 24.5 Å². The molecule has 6 nitrogen and oxygen atoms in total. The highest BCUT2D eigenvalue weighted by Crippen LogP contribution is 2.37. The summed E-state index contributed by atoms with van der Waals surface area (Å²) in [5.41, 5.74) is 0.873. The molecule has 1 N–H and O–H groups in total. The number of amides is 2. The van der Waals surface area contributed by atoms with Gasteiger partial charge >= 0.3 is 0 Å². The van der Waals surface area contributed by atoms with Gasteiger partial charge in [0.05, 0.1) is 22.8 Å². The molecule has 0 unspecified atom stereocenters.